The minimum atomic E-state index is -0.0918. The number of hydrogen-bond acceptors (Lipinski definition) is 5. The van der Waals surface area contributed by atoms with Gasteiger partial charge in [-0.05, 0) is 62.4 Å². The van der Waals surface area contributed by atoms with E-state index in [1.807, 2.05) is 62.4 Å². The molecule has 0 aliphatic carbocycles. The zero-order chi connectivity index (χ0) is 18.8. The summed E-state index contributed by atoms with van der Waals surface area (Å²) in [6.07, 6.45) is 0.139. The van der Waals surface area contributed by atoms with Crippen LogP contribution in [0.1, 0.15) is 13.8 Å². The fourth-order valence-corrected chi connectivity index (χ4v) is 2.20. The first-order chi connectivity index (χ1) is 12.6. The minimum absolute atomic E-state index is 0.0918. The summed E-state index contributed by atoms with van der Waals surface area (Å²) in [6, 6.07) is 14.8. The van der Waals surface area contributed by atoms with E-state index in [-0.39, 0.29) is 18.6 Å². The van der Waals surface area contributed by atoms with Crippen LogP contribution in [0, 0.1) is 0 Å². The lowest BCUT2D eigenvalue weighted by molar-refractivity contribution is -0.119. The third-order valence-electron chi connectivity index (χ3n) is 3.43. The van der Waals surface area contributed by atoms with E-state index in [2.05, 4.69) is 10.6 Å². The molecule has 0 atom stereocenters. The summed E-state index contributed by atoms with van der Waals surface area (Å²) >= 11 is 0. The first-order valence-electron chi connectivity index (χ1n) is 8.61. The second-order valence-electron chi connectivity index (χ2n) is 5.92. The van der Waals surface area contributed by atoms with Crippen LogP contribution in [0.5, 0.6) is 17.2 Å². The van der Waals surface area contributed by atoms with Gasteiger partial charge in [0, 0.05) is 5.69 Å². The molecule has 0 aliphatic rings. The minimum Gasteiger partial charge on any atom is -0.497 e. The summed E-state index contributed by atoms with van der Waals surface area (Å²) in [4.78, 5) is 11.9. The summed E-state index contributed by atoms with van der Waals surface area (Å²) in [7, 11) is 1.62. The van der Waals surface area contributed by atoms with Crippen molar-refractivity contribution in [2.24, 2.45) is 0 Å². The standard InChI is InChI=1S/C20H26N2O4/c1-15(2)26-19-6-4-16(5-7-19)22-14-20(23)21-12-13-25-18-10-8-17(24-3)9-11-18/h4-11,15,22H,12-14H2,1-3H3,(H,21,23). The molecule has 0 heterocycles. The third-order valence-corrected chi connectivity index (χ3v) is 3.43. The Labute approximate surface area is 154 Å². The van der Waals surface area contributed by atoms with E-state index in [0.29, 0.717) is 13.2 Å². The molecule has 6 nitrogen and oxygen atoms in total. The number of carbonyl (C=O) groups excluding carboxylic acids is 1. The van der Waals surface area contributed by atoms with Crippen LogP contribution in [-0.4, -0.2) is 38.8 Å². The number of rotatable bonds is 10. The molecule has 2 aromatic rings. The maximum Gasteiger partial charge on any atom is 0.239 e. The van der Waals surface area contributed by atoms with E-state index in [1.165, 1.54) is 0 Å². The molecule has 0 saturated carbocycles. The van der Waals surface area contributed by atoms with Gasteiger partial charge in [-0.1, -0.05) is 0 Å². The Morgan fingerprint density at radius 1 is 0.962 bits per heavy atom. The number of hydrogen-bond donors (Lipinski definition) is 2. The predicted octanol–water partition coefficient (Wildman–Crippen LogP) is 3.09. The van der Waals surface area contributed by atoms with Gasteiger partial charge < -0.3 is 24.8 Å². The molecule has 2 N–H and O–H groups in total. The molecule has 0 saturated heterocycles. The van der Waals surface area contributed by atoms with E-state index >= 15 is 0 Å². The lowest BCUT2D eigenvalue weighted by Crippen LogP contribution is -2.32. The average molecular weight is 358 g/mol. The summed E-state index contributed by atoms with van der Waals surface area (Å²) in [5, 5.41) is 5.88. The van der Waals surface area contributed by atoms with E-state index < -0.39 is 0 Å². The molecule has 0 spiro atoms. The number of amides is 1. The zero-order valence-corrected chi connectivity index (χ0v) is 15.5. The van der Waals surface area contributed by atoms with E-state index in [0.717, 1.165) is 22.9 Å². The van der Waals surface area contributed by atoms with Gasteiger partial charge in [0.25, 0.3) is 0 Å². The van der Waals surface area contributed by atoms with Crippen molar-refractivity contribution < 1.29 is 19.0 Å². The van der Waals surface area contributed by atoms with Crippen molar-refractivity contribution in [1.82, 2.24) is 5.32 Å². The molecule has 0 fully saturated rings. The van der Waals surface area contributed by atoms with Gasteiger partial charge in [0.2, 0.25) is 5.91 Å². The lowest BCUT2D eigenvalue weighted by atomic mass is 10.3. The second-order valence-corrected chi connectivity index (χ2v) is 5.92. The van der Waals surface area contributed by atoms with E-state index in [9.17, 15) is 4.79 Å². The number of methoxy groups -OCH3 is 1. The molecular formula is C20H26N2O4. The molecule has 2 rings (SSSR count). The highest BCUT2D eigenvalue weighted by molar-refractivity contribution is 5.80. The van der Waals surface area contributed by atoms with Gasteiger partial charge in [0.1, 0.15) is 23.9 Å². The van der Waals surface area contributed by atoms with Crippen molar-refractivity contribution in [3.8, 4) is 17.2 Å². The summed E-state index contributed by atoms with van der Waals surface area (Å²) < 4.78 is 16.2. The van der Waals surface area contributed by atoms with Crippen molar-refractivity contribution in [3.63, 3.8) is 0 Å². The Hall–Kier alpha value is -2.89. The van der Waals surface area contributed by atoms with Gasteiger partial charge in [-0.3, -0.25) is 4.79 Å². The second kappa shape index (κ2) is 10.2. The number of nitrogens with one attached hydrogen (secondary N) is 2. The Morgan fingerprint density at radius 2 is 1.58 bits per heavy atom. The van der Waals surface area contributed by atoms with Crippen LogP contribution in [0.25, 0.3) is 0 Å². The van der Waals surface area contributed by atoms with Crippen LogP contribution in [0.4, 0.5) is 5.69 Å². The molecule has 0 aliphatic heterocycles. The maximum absolute atomic E-state index is 11.9. The molecule has 0 bridgehead atoms. The summed E-state index contributed by atoms with van der Waals surface area (Å²) in [6.45, 7) is 5.00. The van der Waals surface area contributed by atoms with Gasteiger partial charge >= 0.3 is 0 Å². The highest BCUT2D eigenvalue weighted by Gasteiger charge is 2.02. The SMILES string of the molecule is COc1ccc(OCCNC(=O)CNc2ccc(OC(C)C)cc2)cc1. The quantitative estimate of drug-likeness (QED) is 0.639. The monoisotopic (exact) mass is 358 g/mol. The zero-order valence-electron chi connectivity index (χ0n) is 15.5. The third kappa shape index (κ3) is 6.93. The van der Waals surface area contributed by atoms with Crippen molar-refractivity contribution in [3.05, 3.63) is 48.5 Å². The van der Waals surface area contributed by atoms with Gasteiger partial charge in [-0.25, -0.2) is 0 Å². The molecule has 0 aromatic heterocycles. The van der Waals surface area contributed by atoms with Crippen molar-refractivity contribution in [1.29, 1.82) is 0 Å². The van der Waals surface area contributed by atoms with Crippen LogP contribution in [0.15, 0.2) is 48.5 Å². The van der Waals surface area contributed by atoms with Crippen LogP contribution in [0.2, 0.25) is 0 Å². The molecular weight excluding hydrogens is 332 g/mol. The molecule has 2 aromatic carbocycles. The Balaban J connectivity index is 1.62. The Morgan fingerprint density at radius 3 is 2.19 bits per heavy atom. The van der Waals surface area contributed by atoms with Crippen LogP contribution >= 0.6 is 0 Å². The van der Waals surface area contributed by atoms with Crippen molar-refractivity contribution >= 4 is 11.6 Å². The largest absolute Gasteiger partial charge is 0.497 e. The highest BCUT2D eigenvalue weighted by Crippen LogP contribution is 2.17. The number of ether oxygens (including phenoxy) is 3. The Bertz CT molecular complexity index is 669. The van der Waals surface area contributed by atoms with Gasteiger partial charge in [0.15, 0.2) is 0 Å². The predicted molar refractivity (Wildman–Crippen MR) is 102 cm³/mol. The van der Waals surface area contributed by atoms with Gasteiger partial charge in [-0.15, -0.1) is 0 Å². The molecule has 6 heteroatoms. The van der Waals surface area contributed by atoms with Gasteiger partial charge in [0.05, 0.1) is 26.3 Å². The van der Waals surface area contributed by atoms with Crippen molar-refractivity contribution in [2.45, 2.75) is 20.0 Å². The average Bonchev–Trinajstić information content (AvgIpc) is 2.65. The number of benzene rings is 2. The van der Waals surface area contributed by atoms with Crippen LogP contribution < -0.4 is 24.8 Å². The molecule has 26 heavy (non-hydrogen) atoms. The molecule has 0 radical (unpaired) electrons. The van der Waals surface area contributed by atoms with Crippen molar-refractivity contribution in [2.75, 3.05) is 32.1 Å². The fourth-order valence-electron chi connectivity index (χ4n) is 2.20. The maximum atomic E-state index is 11.9. The Kier molecular flexibility index (Phi) is 7.61. The fraction of sp³-hybridized carbons (Fsp3) is 0.350. The number of anilines is 1. The first kappa shape index (κ1) is 19.4. The van der Waals surface area contributed by atoms with E-state index in [4.69, 9.17) is 14.2 Å². The van der Waals surface area contributed by atoms with Gasteiger partial charge in [-0.2, -0.15) is 0 Å². The van der Waals surface area contributed by atoms with Crippen LogP contribution in [0.3, 0.4) is 0 Å². The molecule has 140 valence electrons. The lowest BCUT2D eigenvalue weighted by Gasteiger charge is -2.11. The molecule has 0 unspecified atom stereocenters. The number of carbonyl (C=O) groups is 1. The van der Waals surface area contributed by atoms with Crippen LogP contribution in [-0.2, 0) is 4.79 Å². The van der Waals surface area contributed by atoms with E-state index in [1.54, 1.807) is 7.11 Å². The topological polar surface area (TPSA) is 68.8 Å². The first-order valence-corrected chi connectivity index (χ1v) is 8.61. The normalized spacial score (nSPS) is 10.3. The highest BCUT2D eigenvalue weighted by atomic mass is 16.5. The smallest absolute Gasteiger partial charge is 0.239 e. The molecule has 1 amide bonds. The summed E-state index contributed by atoms with van der Waals surface area (Å²) in [5.41, 5.74) is 0.866. The summed E-state index contributed by atoms with van der Waals surface area (Å²) in [5.74, 6) is 2.24.